The van der Waals surface area contributed by atoms with Gasteiger partial charge in [0.1, 0.15) is 0 Å². The van der Waals surface area contributed by atoms with Crippen LogP contribution in [-0.4, -0.2) is 5.75 Å². The fourth-order valence-corrected chi connectivity index (χ4v) is 4.87. The predicted molar refractivity (Wildman–Crippen MR) is 85.9 cm³/mol. The van der Waals surface area contributed by atoms with Crippen LogP contribution in [0.5, 0.6) is 0 Å². The van der Waals surface area contributed by atoms with Crippen molar-refractivity contribution in [1.82, 2.24) is 0 Å². The average molecular weight is 289 g/mol. The molecule has 2 aromatic rings. The van der Waals surface area contributed by atoms with Gasteiger partial charge in [-0.25, -0.2) is 0 Å². The van der Waals surface area contributed by atoms with E-state index in [1.54, 1.807) is 4.88 Å². The van der Waals surface area contributed by atoms with E-state index >= 15 is 0 Å². The van der Waals surface area contributed by atoms with Crippen molar-refractivity contribution >= 4 is 23.1 Å². The average Bonchev–Trinajstić information content (AvgIpc) is 2.90. The Hall–Kier alpha value is -0.770. The van der Waals surface area contributed by atoms with Crippen molar-refractivity contribution in [2.24, 2.45) is 5.73 Å². The van der Waals surface area contributed by atoms with Crippen molar-refractivity contribution in [3.05, 3.63) is 57.3 Å². The number of benzene rings is 1. The fraction of sp³-hybridized carbons (Fsp3) is 0.375. The highest BCUT2D eigenvalue weighted by Gasteiger charge is 2.16. The Kier molecular flexibility index (Phi) is 4.26. The minimum atomic E-state index is 0.195. The van der Waals surface area contributed by atoms with Crippen LogP contribution in [0.25, 0.3) is 0 Å². The van der Waals surface area contributed by atoms with Gasteiger partial charge in [0.2, 0.25) is 0 Å². The lowest BCUT2D eigenvalue weighted by Gasteiger charge is -2.09. The highest BCUT2D eigenvalue weighted by molar-refractivity contribution is 7.98. The minimum Gasteiger partial charge on any atom is -0.323 e. The molecule has 0 amide bonds. The van der Waals surface area contributed by atoms with E-state index in [0.717, 1.165) is 12.8 Å². The van der Waals surface area contributed by atoms with Crippen LogP contribution in [0.1, 0.15) is 33.3 Å². The maximum Gasteiger partial charge on any atom is 0.0393 e. The molecule has 1 aliphatic heterocycles. The summed E-state index contributed by atoms with van der Waals surface area (Å²) in [6, 6.07) is 13.2. The first-order valence-corrected chi connectivity index (χ1v) is 8.79. The molecule has 2 N–H and O–H groups in total. The van der Waals surface area contributed by atoms with Crippen LogP contribution in [0, 0.1) is 0 Å². The van der Waals surface area contributed by atoms with E-state index in [1.807, 2.05) is 23.1 Å². The Balaban J connectivity index is 1.64. The van der Waals surface area contributed by atoms with Crippen LogP contribution >= 0.6 is 23.1 Å². The first kappa shape index (κ1) is 13.2. The van der Waals surface area contributed by atoms with Gasteiger partial charge in [-0.05, 0) is 42.2 Å². The van der Waals surface area contributed by atoms with Gasteiger partial charge >= 0.3 is 0 Å². The molecule has 19 heavy (non-hydrogen) atoms. The van der Waals surface area contributed by atoms with E-state index in [-0.39, 0.29) is 6.04 Å². The van der Waals surface area contributed by atoms with Gasteiger partial charge in [-0.3, -0.25) is 0 Å². The van der Waals surface area contributed by atoms with Crippen LogP contribution < -0.4 is 5.73 Å². The summed E-state index contributed by atoms with van der Waals surface area (Å²) in [4.78, 5) is 2.95. The van der Waals surface area contributed by atoms with E-state index in [0.29, 0.717) is 0 Å². The summed E-state index contributed by atoms with van der Waals surface area (Å²) in [6.45, 7) is 0. The Morgan fingerprint density at radius 2 is 2.05 bits per heavy atom. The molecule has 1 aromatic carbocycles. The van der Waals surface area contributed by atoms with Crippen molar-refractivity contribution < 1.29 is 0 Å². The van der Waals surface area contributed by atoms with E-state index in [9.17, 15) is 0 Å². The highest BCUT2D eigenvalue weighted by atomic mass is 32.2. The van der Waals surface area contributed by atoms with E-state index in [2.05, 4.69) is 36.4 Å². The SMILES string of the molecule is NC(CCc1ccccc1)c1cc2c(s1)CCSC2. The monoisotopic (exact) mass is 289 g/mol. The van der Waals surface area contributed by atoms with Gasteiger partial charge in [0.15, 0.2) is 0 Å². The van der Waals surface area contributed by atoms with E-state index in [4.69, 9.17) is 5.73 Å². The van der Waals surface area contributed by atoms with Crippen LogP contribution in [0.4, 0.5) is 0 Å². The van der Waals surface area contributed by atoms with Crippen molar-refractivity contribution in [2.75, 3.05) is 5.75 Å². The molecule has 0 bridgehead atoms. The first-order chi connectivity index (χ1) is 9.33. The molecule has 0 radical (unpaired) electrons. The van der Waals surface area contributed by atoms with Crippen molar-refractivity contribution in [2.45, 2.75) is 31.1 Å². The van der Waals surface area contributed by atoms with Gasteiger partial charge in [0.25, 0.3) is 0 Å². The lowest BCUT2D eigenvalue weighted by atomic mass is 10.0. The number of hydrogen-bond acceptors (Lipinski definition) is 3. The van der Waals surface area contributed by atoms with Gasteiger partial charge in [0.05, 0.1) is 0 Å². The van der Waals surface area contributed by atoms with Crippen LogP contribution in [0.15, 0.2) is 36.4 Å². The summed E-state index contributed by atoms with van der Waals surface area (Å²) in [7, 11) is 0. The molecular formula is C16H19NS2. The van der Waals surface area contributed by atoms with Crippen LogP contribution in [0.2, 0.25) is 0 Å². The van der Waals surface area contributed by atoms with E-state index < -0.39 is 0 Å². The maximum atomic E-state index is 6.36. The molecule has 1 unspecified atom stereocenters. The standard InChI is InChI=1S/C16H19NS2/c17-14(7-6-12-4-2-1-3-5-12)16-10-13-11-18-9-8-15(13)19-16/h1-5,10,14H,6-9,11,17H2. The summed E-state index contributed by atoms with van der Waals surface area (Å²) in [5.41, 5.74) is 9.28. The number of hydrogen-bond donors (Lipinski definition) is 1. The Morgan fingerprint density at radius 1 is 1.21 bits per heavy atom. The molecule has 100 valence electrons. The van der Waals surface area contributed by atoms with Gasteiger partial charge < -0.3 is 5.73 Å². The zero-order valence-corrected chi connectivity index (χ0v) is 12.6. The quantitative estimate of drug-likeness (QED) is 0.914. The molecule has 3 heteroatoms. The normalized spacial score (nSPS) is 16.1. The molecular weight excluding hydrogens is 270 g/mol. The minimum absolute atomic E-state index is 0.195. The summed E-state index contributed by atoms with van der Waals surface area (Å²) in [6.07, 6.45) is 3.34. The molecule has 0 spiro atoms. The van der Waals surface area contributed by atoms with Crippen molar-refractivity contribution in [1.29, 1.82) is 0 Å². The Labute approximate surface area is 123 Å². The molecule has 0 aliphatic carbocycles. The predicted octanol–water partition coefficient (Wildman–Crippen LogP) is 4.17. The molecule has 1 atom stereocenters. The smallest absolute Gasteiger partial charge is 0.0393 e. The number of rotatable bonds is 4. The molecule has 1 aliphatic rings. The summed E-state index contributed by atoms with van der Waals surface area (Å²) < 4.78 is 0. The number of thiophene rings is 1. The maximum absolute atomic E-state index is 6.36. The molecule has 1 aromatic heterocycles. The summed E-state index contributed by atoms with van der Waals surface area (Å²) >= 11 is 3.98. The zero-order valence-electron chi connectivity index (χ0n) is 11.0. The third kappa shape index (κ3) is 3.22. The number of nitrogens with two attached hydrogens (primary N) is 1. The largest absolute Gasteiger partial charge is 0.323 e. The Morgan fingerprint density at radius 3 is 2.84 bits per heavy atom. The molecule has 0 fully saturated rings. The summed E-state index contributed by atoms with van der Waals surface area (Å²) in [5.74, 6) is 2.45. The molecule has 1 nitrogen and oxygen atoms in total. The van der Waals surface area contributed by atoms with Crippen molar-refractivity contribution in [3.63, 3.8) is 0 Å². The van der Waals surface area contributed by atoms with Crippen LogP contribution in [0.3, 0.4) is 0 Å². The highest BCUT2D eigenvalue weighted by Crippen LogP contribution is 2.34. The topological polar surface area (TPSA) is 26.0 Å². The second kappa shape index (κ2) is 6.12. The van der Waals surface area contributed by atoms with Gasteiger partial charge in [0, 0.05) is 21.5 Å². The van der Waals surface area contributed by atoms with Gasteiger partial charge in [-0.15, -0.1) is 11.3 Å². The number of aryl methyl sites for hydroxylation is 2. The molecule has 2 heterocycles. The lowest BCUT2D eigenvalue weighted by Crippen LogP contribution is -2.09. The molecule has 0 saturated carbocycles. The van der Waals surface area contributed by atoms with Gasteiger partial charge in [-0.2, -0.15) is 11.8 Å². The molecule has 3 rings (SSSR count). The van der Waals surface area contributed by atoms with E-state index in [1.165, 1.54) is 33.9 Å². The second-order valence-electron chi connectivity index (χ2n) is 5.03. The number of thioether (sulfide) groups is 1. The third-order valence-corrected chi connectivity index (χ3v) is 5.98. The zero-order chi connectivity index (χ0) is 13.1. The summed E-state index contributed by atoms with van der Waals surface area (Å²) in [5, 5.41) is 0. The fourth-order valence-electron chi connectivity index (χ4n) is 2.46. The number of fused-ring (bicyclic) bond motifs is 1. The van der Waals surface area contributed by atoms with Gasteiger partial charge in [-0.1, -0.05) is 30.3 Å². The van der Waals surface area contributed by atoms with Crippen molar-refractivity contribution in [3.8, 4) is 0 Å². The Bertz CT molecular complexity index is 509. The third-order valence-electron chi connectivity index (χ3n) is 3.60. The van der Waals surface area contributed by atoms with Crippen LogP contribution in [-0.2, 0) is 18.6 Å². The lowest BCUT2D eigenvalue weighted by molar-refractivity contribution is 0.662. The molecule has 0 saturated heterocycles. The second-order valence-corrected chi connectivity index (χ2v) is 7.30. The first-order valence-electron chi connectivity index (χ1n) is 6.81.